The second kappa shape index (κ2) is 13.8. The first-order valence-electron chi connectivity index (χ1n) is 14.0. The molecule has 0 saturated heterocycles. The molecule has 1 amide bonds. The molecule has 0 aliphatic carbocycles. The number of carbonyl (C=O) groups excluding carboxylic acids is 1. The lowest BCUT2D eigenvalue weighted by molar-refractivity contribution is -0.120. The largest absolute Gasteiger partial charge is 0.493 e. The molecule has 0 fully saturated rings. The summed E-state index contributed by atoms with van der Waals surface area (Å²) < 4.78 is 8.44. The number of imidazole rings is 1. The maximum atomic E-state index is 12.3. The Morgan fingerprint density at radius 1 is 0.842 bits per heavy atom. The summed E-state index contributed by atoms with van der Waals surface area (Å²) in [6.45, 7) is 8.69. The summed E-state index contributed by atoms with van der Waals surface area (Å²) in [6.07, 6.45) is 6.56. The van der Waals surface area contributed by atoms with Crippen molar-refractivity contribution in [1.29, 1.82) is 0 Å². The molecule has 200 valence electrons. The molecular formula is C33H41N3O2. The van der Waals surface area contributed by atoms with E-state index in [0.717, 1.165) is 80.9 Å². The molecule has 0 radical (unpaired) electrons. The number of hydrogen-bond donors (Lipinski definition) is 1. The highest BCUT2D eigenvalue weighted by molar-refractivity contribution is 5.78. The minimum atomic E-state index is 0.0997. The number of nitrogens with one attached hydrogen (secondary N) is 1. The third-order valence-electron chi connectivity index (χ3n) is 7.33. The number of carbonyl (C=O) groups is 1. The van der Waals surface area contributed by atoms with Gasteiger partial charge in [-0.3, -0.25) is 4.79 Å². The lowest BCUT2D eigenvalue weighted by Gasteiger charge is -2.12. The number of nitrogens with zero attached hydrogens (tertiary/aromatic N) is 2. The summed E-state index contributed by atoms with van der Waals surface area (Å²) in [5.74, 6) is 2.25. The molecule has 0 spiro atoms. The fraction of sp³-hybridized carbons (Fsp3) is 0.394. The normalized spacial score (nSPS) is 11.1. The first-order valence-corrected chi connectivity index (χ1v) is 14.0. The number of fused-ring (bicyclic) bond motifs is 1. The van der Waals surface area contributed by atoms with E-state index in [9.17, 15) is 4.79 Å². The number of ether oxygens (including phenoxy) is 1. The van der Waals surface area contributed by atoms with Crippen molar-refractivity contribution in [2.24, 2.45) is 0 Å². The van der Waals surface area contributed by atoms with Crippen LogP contribution in [0.1, 0.15) is 60.2 Å². The van der Waals surface area contributed by atoms with E-state index in [0.29, 0.717) is 6.42 Å². The van der Waals surface area contributed by atoms with Crippen molar-refractivity contribution in [1.82, 2.24) is 14.9 Å². The van der Waals surface area contributed by atoms with Gasteiger partial charge in [-0.2, -0.15) is 0 Å². The van der Waals surface area contributed by atoms with Crippen LogP contribution < -0.4 is 10.1 Å². The first-order chi connectivity index (χ1) is 18.5. The summed E-state index contributed by atoms with van der Waals surface area (Å²) in [6, 6.07) is 22.7. The van der Waals surface area contributed by atoms with Crippen LogP contribution in [0.25, 0.3) is 11.0 Å². The zero-order chi connectivity index (χ0) is 26.7. The fourth-order valence-corrected chi connectivity index (χ4v) is 4.86. The van der Waals surface area contributed by atoms with Crippen molar-refractivity contribution < 1.29 is 9.53 Å². The molecule has 1 heterocycles. The van der Waals surface area contributed by atoms with Crippen LogP contribution in [0.4, 0.5) is 0 Å². The van der Waals surface area contributed by atoms with Crippen LogP contribution in [-0.2, 0) is 24.2 Å². The van der Waals surface area contributed by atoms with Crippen molar-refractivity contribution in [3.05, 3.63) is 94.8 Å². The predicted molar refractivity (Wildman–Crippen MR) is 156 cm³/mol. The van der Waals surface area contributed by atoms with Gasteiger partial charge in [-0.1, -0.05) is 55.0 Å². The van der Waals surface area contributed by atoms with Gasteiger partial charge in [-0.15, -0.1) is 0 Å². The van der Waals surface area contributed by atoms with E-state index in [1.54, 1.807) is 0 Å². The van der Waals surface area contributed by atoms with Gasteiger partial charge in [0, 0.05) is 19.5 Å². The van der Waals surface area contributed by atoms with Gasteiger partial charge in [0.2, 0.25) is 5.91 Å². The quantitative estimate of drug-likeness (QED) is 0.188. The molecule has 38 heavy (non-hydrogen) atoms. The van der Waals surface area contributed by atoms with Gasteiger partial charge in [0.1, 0.15) is 11.6 Å². The fourth-order valence-electron chi connectivity index (χ4n) is 4.86. The van der Waals surface area contributed by atoms with Gasteiger partial charge < -0.3 is 14.6 Å². The average Bonchev–Trinajstić information content (AvgIpc) is 3.27. The Labute approximate surface area is 227 Å². The molecule has 1 aromatic heterocycles. The third-order valence-corrected chi connectivity index (χ3v) is 7.33. The third kappa shape index (κ3) is 7.47. The van der Waals surface area contributed by atoms with Gasteiger partial charge in [-0.25, -0.2) is 4.98 Å². The molecule has 0 atom stereocenters. The lowest BCUT2D eigenvalue weighted by Crippen LogP contribution is -2.26. The van der Waals surface area contributed by atoms with Gasteiger partial charge in [0.15, 0.2) is 0 Å². The van der Waals surface area contributed by atoms with Crippen molar-refractivity contribution in [3.8, 4) is 5.75 Å². The monoisotopic (exact) mass is 511 g/mol. The second-order valence-electron chi connectivity index (χ2n) is 10.2. The highest BCUT2D eigenvalue weighted by Gasteiger charge is 2.11. The Kier molecular flexibility index (Phi) is 9.97. The SMILES string of the molecule is Cc1ccccc1CC(=O)NCCCCCc1nc2ccccc2n1CCCCOc1cccc(C)c1C. The van der Waals surface area contributed by atoms with E-state index in [4.69, 9.17) is 9.72 Å². The van der Waals surface area contributed by atoms with Crippen molar-refractivity contribution in [3.63, 3.8) is 0 Å². The maximum absolute atomic E-state index is 12.3. The van der Waals surface area contributed by atoms with Crippen LogP contribution in [0.3, 0.4) is 0 Å². The number of rotatable bonds is 14. The van der Waals surface area contributed by atoms with Gasteiger partial charge in [0.05, 0.1) is 24.1 Å². The number of para-hydroxylation sites is 2. The summed E-state index contributed by atoms with van der Waals surface area (Å²) in [5, 5.41) is 3.08. The zero-order valence-electron chi connectivity index (χ0n) is 23.1. The van der Waals surface area contributed by atoms with Crippen molar-refractivity contribution in [2.75, 3.05) is 13.2 Å². The van der Waals surface area contributed by atoms with Crippen LogP contribution >= 0.6 is 0 Å². The number of aromatic nitrogens is 2. The zero-order valence-corrected chi connectivity index (χ0v) is 23.1. The number of aryl methyl sites for hydroxylation is 4. The minimum Gasteiger partial charge on any atom is -0.493 e. The average molecular weight is 512 g/mol. The predicted octanol–water partition coefficient (Wildman–Crippen LogP) is 6.89. The van der Waals surface area contributed by atoms with E-state index in [1.165, 1.54) is 22.2 Å². The summed E-state index contributed by atoms with van der Waals surface area (Å²) in [7, 11) is 0. The van der Waals surface area contributed by atoms with Crippen LogP contribution in [0, 0.1) is 20.8 Å². The Balaban J connectivity index is 1.20. The van der Waals surface area contributed by atoms with Crippen LogP contribution in [-0.4, -0.2) is 28.6 Å². The summed E-state index contributed by atoms with van der Waals surface area (Å²) >= 11 is 0. The molecule has 1 N–H and O–H groups in total. The highest BCUT2D eigenvalue weighted by Crippen LogP contribution is 2.22. The van der Waals surface area contributed by atoms with E-state index in [-0.39, 0.29) is 5.91 Å². The van der Waals surface area contributed by atoms with Crippen LogP contribution in [0.15, 0.2) is 66.7 Å². The molecule has 3 aromatic carbocycles. The van der Waals surface area contributed by atoms with E-state index < -0.39 is 0 Å². The number of hydrogen-bond acceptors (Lipinski definition) is 3. The van der Waals surface area contributed by atoms with Crippen LogP contribution in [0.2, 0.25) is 0 Å². The van der Waals surface area contributed by atoms with E-state index in [1.807, 2.05) is 18.2 Å². The molecular weight excluding hydrogens is 470 g/mol. The first kappa shape index (κ1) is 27.4. The van der Waals surface area contributed by atoms with E-state index in [2.05, 4.69) is 79.2 Å². The smallest absolute Gasteiger partial charge is 0.224 e. The molecule has 5 nitrogen and oxygen atoms in total. The molecule has 4 rings (SSSR count). The van der Waals surface area contributed by atoms with Gasteiger partial charge in [0.25, 0.3) is 0 Å². The Morgan fingerprint density at radius 3 is 2.50 bits per heavy atom. The Hall–Kier alpha value is -3.60. The number of unbranched alkanes of at least 4 members (excludes halogenated alkanes) is 3. The molecule has 5 heteroatoms. The second-order valence-corrected chi connectivity index (χ2v) is 10.2. The van der Waals surface area contributed by atoms with Gasteiger partial charge in [-0.05, 0) is 86.9 Å². The summed E-state index contributed by atoms with van der Waals surface area (Å²) in [5.41, 5.74) is 7.03. The molecule has 0 unspecified atom stereocenters. The number of amides is 1. The highest BCUT2D eigenvalue weighted by atomic mass is 16.5. The Morgan fingerprint density at radius 2 is 1.63 bits per heavy atom. The molecule has 0 bridgehead atoms. The molecule has 0 aliphatic rings. The Bertz CT molecular complexity index is 1340. The minimum absolute atomic E-state index is 0.0997. The molecule has 0 aliphatic heterocycles. The molecule has 0 saturated carbocycles. The summed E-state index contributed by atoms with van der Waals surface area (Å²) in [4.78, 5) is 17.2. The lowest BCUT2D eigenvalue weighted by atomic mass is 10.1. The van der Waals surface area contributed by atoms with Crippen LogP contribution in [0.5, 0.6) is 5.75 Å². The maximum Gasteiger partial charge on any atom is 0.224 e. The van der Waals surface area contributed by atoms with Crippen molar-refractivity contribution >= 4 is 16.9 Å². The van der Waals surface area contributed by atoms with Gasteiger partial charge >= 0.3 is 0 Å². The number of benzene rings is 3. The molecule has 4 aromatic rings. The topological polar surface area (TPSA) is 56.2 Å². The van der Waals surface area contributed by atoms with E-state index >= 15 is 0 Å². The van der Waals surface area contributed by atoms with Crippen molar-refractivity contribution in [2.45, 2.75) is 72.3 Å². The standard InChI is InChI=1S/C33H41N3O2/c1-25-15-13-19-31(27(25)3)38-23-12-11-22-36-30-18-9-8-17-29(30)35-32(36)20-5-4-10-21-34-33(37)24-28-16-7-6-14-26(28)2/h6-9,13-19H,4-5,10-12,20-24H2,1-3H3,(H,34,37).